The van der Waals surface area contributed by atoms with Crippen molar-refractivity contribution in [1.29, 1.82) is 0 Å². The number of methoxy groups -OCH3 is 1. The van der Waals surface area contributed by atoms with E-state index in [1.807, 2.05) is 13.8 Å². The van der Waals surface area contributed by atoms with Gasteiger partial charge < -0.3 is 35.0 Å². The number of halogens is 1. The Morgan fingerprint density at radius 1 is 1.15 bits per heavy atom. The molecule has 2 amide bonds. The van der Waals surface area contributed by atoms with Crippen LogP contribution >= 0.6 is 0 Å². The van der Waals surface area contributed by atoms with Crippen molar-refractivity contribution in [2.45, 2.75) is 57.6 Å². The van der Waals surface area contributed by atoms with Gasteiger partial charge in [-0.05, 0) is 47.4 Å². The van der Waals surface area contributed by atoms with Crippen LogP contribution < -0.4 is 14.8 Å². The van der Waals surface area contributed by atoms with E-state index in [9.17, 15) is 29.3 Å². The highest BCUT2D eigenvalue weighted by Gasteiger charge is 2.51. The van der Waals surface area contributed by atoms with E-state index in [0.717, 1.165) is 0 Å². The molecule has 4 atom stereocenters. The lowest BCUT2D eigenvalue weighted by atomic mass is 9.77. The summed E-state index contributed by atoms with van der Waals surface area (Å²) in [5.74, 6) is -1.09. The van der Waals surface area contributed by atoms with Gasteiger partial charge in [0.2, 0.25) is 11.8 Å². The highest BCUT2D eigenvalue weighted by Crippen LogP contribution is 2.51. The standard InChI is InChI=1S/C29H35FN2O7/c1-16(2)10-24(35)32(14-17-4-6-19(30)7-5-17)22-13-21(29(37)31-8-9-33)25-20-11-18(15-34)12-23(38-3)27(20)39-28(25)26(22)36/h4-7,11-13,16,22,25-26,28,33-34,36H,8-10,14-15H2,1-3H3,(H,31,37). The zero-order valence-corrected chi connectivity index (χ0v) is 22.3. The summed E-state index contributed by atoms with van der Waals surface area (Å²) in [6.07, 6.45) is -0.379. The first-order chi connectivity index (χ1) is 18.7. The van der Waals surface area contributed by atoms with E-state index in [4.69, 9.17) is 9.47 Å². The Kier molecular flexibility index (Phi) is 8.89. The molecule has 10 heteroatoms. The number of benzene rings is 2. The first-order valence-corrected chi connectivity index (χ1v) is 13.0. The zero-order valence-electron chi connectivity index (χ0n) is 22.3. The van der Waals surface area contributed by atoms with Crippen LogP contribution in [0.3, 0.4) is 0 Å². The third-order valence-corrected chi connectivity index (χ3v) is 7.02. The topological polar surface area (TPSA) is 129 Å². The second-order valence-electron chi connectivity index (χ2n) is 10.3. The summed E-state index contributed by atoms with van der Waals surface area (Å²) in [5.41, 5.74) is 2.05. The van der Waals surface area contributed by atoms with E-state index in [2.05, 4.69) is 5.32 Å². The number of carbonyl (C=O) groups is 2. The van der Waals surface area contributed by atoms with Gasteiger partial charge in [-0.2, -0.15) is 0 Å². The summed E-state index contributed by atoms with van der Waals surface area (Å²) >= 11 is 0. The van der Waals surface area contributed by atoms with Crippen molar-refractivity contribution in [2.75, 3.05) is 20.3 Å². The van der Waals surface area contributed by atoms with Crippen molar-refractivity contribution in [2.24, 2.45) is 5.92 Å². The number of nitrogens with one attached hydrogen (secondary N) is 1. The van der Waals surface area contributed by atoms with Gasteiger partial charge in [-0.25, -0.2) is 4.39 Å². The van der Waals surface area contributed by atoms with E-state index in [1.54, 1.807) is 30.3 Å². The smallest absolute Gasteiger partial charge is 0.247 e. The molecule has 0 saturated heterocycles. The first-order valence-electron chi connectivity index (χ1n) is 13.0. The number of hydrogen-bond donors (Lipinski definition) is 4. The Labute approximate surface area is 226 Å². The third-order valence-electron chi connectivity index (χ3n) is 7.02. The van der Waals surface area contributed by atoms with Crippen molar-refractivity contribution in [3.8, 4) is 11.5 Å². The Hall–Kier alpha value is -3.47. The third kappa shape index (κ3) is 5.93. The van der Waals surface area contributed by atoms with Crippen molar-refractivity contribution in [1.82, 2.24) is 10.2 Å². The van der Waals surface area contributed by atoms with Crippen molar-refractivity contribution < 1.29 is 38.8 Å². The predicted octanol–water partition coefficient (Wildman–Crippen LogP) is 2.02. The minimum Gasteiger partial charge on any atom is -0.493 e. The summed E-state index contributed by atoms with van der Waals surface area (Å²) in [4.78, 5) is 28.4. The molecule has 0 aromatic heterocycles. The van der Waals surface area contributed by atoms with Crippen LogP contribution in [-0.2, 0) is 22.7 Å². The molecule has 2 aromatic rings. The number of hydrogen-bond acceptors (Lipinski definition) is 7. The van der Waals surface area contributed by atoms with Crippen LogP contribution in [0.2, 0.25) is 0 Å². The van der Waals surface area contributed by atoms with E-state index >= 15 is 0 Å². The summed E-state index contributed by atoms with van der Waals surface area (Å²) in [7, 11) is 1.46. The number of rotatable bonds is 10. The number of carbonyl (C=O) groups excluding carboxylic acids is 2. The number of amides is 2. The molecule has 4 rings (SSSR count). The molecule has 1 aliphatic heterocycles. The highest BCUT2D eigenvalue weighted by molar-refractivity contribution is 5.96. The Morgan fingerprint density at radius 2 is 1.87 bits per heavy atom. The quantitative estimate of drug-likeness (QED) is 0.362. The molecule has 0 spiro atoms. The van der Waals surface area contributed by atoms with E-state index in [-0.39, 0.29) is 50.1 Å². The largest absolute Gasteiger partial charge is 0.493 e. The van der Waals surface area contributed by atoms with Gasteiger partial charge in [-0.15, -0.1) is 0 Å². The van der Waals surface area contributed by atoms with Crippen LogP contribution in [0.1, 0.15) is 42.9 Å². The predicted molar refractivity (Wildman–Crippen MR) is 140 cm³/mol. The molecular formula is C29H35FN2O7. The van der Waals surface area contributed by atoms with Crippen molar-refractivity contribution >= 4 is 11.8 Å². The fourth-order valence-electron chi connectivity index (χ4n) is 5.23. The van der Waals surface area contributed by atoms with E-state index < -0.39 is 35.9 Å². The number of aliphatic hydroxyl groups excluding tert-OH is 3. The molecule has 2 aromatic carbocycles. The van der Waals surface area contributed by atoms with Gasteiger partial charge in [0.25, 0.3) is 0 Å². The second-order valence-corrected chi connectivity index (χ2v) is 10.3. The van der Waals surface area contributed by atoms with Gasteiger partial charge in [-0.1, -0.05) is 26.0 Å². The second kappa shape index (κ2) is 12.1. The fourth-order valence-corrected chi connectivity index (χ4v) is 5.23. The highest BCUT2D eigenvalue weighted by atomic mass is 19.1. The molecule has 4 N–H and O–H groups in total. The number of nitrogens with zero attached hydrogens (tertiary/aromatic N) is 1. The SMILES string of the molecule is COc1cc(CO)cc2c1OC1C2C(C(=O)NCCO)=CC(N(Cc2ccc(F)cc2)C(=O)CC(C)C)C1O. The maximum absolute atomic E-state index is 13.6. The fraction of sp³-hybridized carbons (Fsp3) is 0.448. The molecule has 0 bridgehead atoms. The maximum Gasteiger partial charge on any atom is 0.247 e. The van der Waals surface area contributed by atoms with Gasteiger partial charge in [0.15, 0.2) is 11.5 Å². The summed E-state index contributed by atoms with van der Waals surface area (Å²) in [6.45, 7) is 3.38. The lowest BCUT2D eigenvalue weighted by Gasteiger charge is -2.41. The van der Waals surface area contributed by atoms with Gasteiger partial charge in [0.1, 0.15) is 18.0 Å². The van der Waals surface area contributed by atoms with E-state index in [0.29, 0.717) is 28.2 Å². The number of aliphatic hydroxyl groups is 3. The molecule has 0 radical (unpaired) electrons. The molecule has 9 nitrogen and oxygen atoms in total. The van der Waals surface area contributed by atoms with Crippen molar-refractivity contribution in [3.05, 3.63) is 70.6 Å². The Bertz CT molecular complexity index is 1230. The molecule has 39 heavy (non-hydrogen) atoms. The van der Waals surface area contributed by atoms with Crippen LogP contribution in [-0.4, -0.2) is 70.5 Å². The Balaban J connectivity index is 1.81. The first kappa shape index (κ1) is 28.5. The molecule has 1 aliphatic carbocycles. The van der Waals surface area contributed by atoms with Gasteiger partial charge in [0, 0.05) is 30.6 Å². The minimum absolute atomic E-state index is 0.0140. The lowest BCUT2D eigenvalue weighted by molar-refractivity contribution is -0.138. The molecule has 2 aliphatic rings. The lowest BCUT2D eigenvalue weighted by Crippen LogP contribution is -2.55. The molecule has 4 unspecified atom stereocenters. The van der Waals surface area contributed by atoms with Crippen LogP contribution in [0.5, 0.6) is 11.5 Å². The average molecular weight is 543 g/mol. The zero-order chi connectivity index (χ0) is 28.3. The van der Waals surface area contributed by atoms with Crippen LogP contribution in [0.4, 0.5) is 4.39 Å². The normalized spacial score (nSPS) is 21.5. The molecule has 210 valence electrons. The maximum atomic E-state index is 13.6. The van der Waals surface area contributed by atoms with Crippen LogP contribution in [0.15, 0.2) is 48.0 Å². The summed E-state index contributed by atoms with van der Waals surface area (Å²) < 4.78 is 25.3. The van der Waals surface area contributed by atoms with Gasteiger partial charge in [-0.3, -0.25) is 9.59 Å². The van der Waals surface area contributed by atoms with Gasteiger partial charge >= 0.3 is 0 Å². The van der Waals surface area contributed by atoms with E-state index in [1.165, 1.54) is 24.1 Å². The average Bonchev–Trinajstić information content (AvgIpc) is 3.31. The van der Waals surface area contributed by atoms with Crippen LogP contribution in [0.25, 0.3) is 0 Å². The molecule has 1 heterocycles. The molecular weight excluding hydrogens is 507 g/mol. The number of fused-ring (bicyclic) bond motifs is 3. The Morgan fingerprint density at radius 3 is 2.49 bits per heavy atom. The summed E-state index contributed by atoms with van der Waals surface area (Å²) in [6, 6.07) is 8.16. The van der Waals surface area contributed by atoms with Crippen LogP contribution in [0, 0.1) is 11.7 Å². The molecule has 0 saturated carbocycles. The summed E-state index contributed by atoms with van der Waals surface area (Å²) in [5, 5.41) is 33.4. The minimum atomic E-state index is -1.23. The molecule has 0 fully saturated rings. The monoisotopic (exact) mass is 542 g/mol. The van der Waals surface area contributed by atoms with Crippen molar-refractivity contribution in [3.63, 3.8) is 0 Å². The van der Waals surface area contributed by atoms with Gasteiger partial charge in [0.05, 0.1) is 32.3 Å². The number of ether oxygens (including phenoxy) is 2.